The van der Waals surface area contributed by atoms with Crippen molar-refractivity contribution in [2.45, 2.75) is 44.4 Å². The van der Waals surface area contributed by atoms with Crippen LogP contribution in [0, 0.1) is 22.2 Å². The monoisotopic (exact) mass is 548 g/mol. The van der Waals surface area contributed by atoms with Crippen molar-refractivity contribution in [1.82, 2.24) is 15.2 Å². The summed E-state index contributed by atoms with van der Waals surface area (Å²) in [6, 6.07) is 13.9. The highest BCUT2D eigenvalue weighted by Gasteiger charge is 2.67. The van der Waals surface area contributed by atoms with Gasteiger partial charge >= 0.3 is 0 Å². The van der Waals surface area contributed by atoms with E-state index in [0.29, 0.717) is 73.3 Å². The summed E-state index contributed by atoms with van der Waals surface area (Å²) in [7, 11) is -2.48. The van der Waals surface area contributed by atoms with Crippen LogP contribution in [0.4, 0.5) is 5.69 Å². The van der Waals surface area contributed by atoms with Crippen molar-refractivity contribution in [1.29, 1.82) is 5.26 Å². The Morgan fingerprint density at radius 3 is 2.49 bits per heavy atom. The molecule has 6 rings (SSSR count). The SMILES string of the molecule is N#CC1(C2(C(N)=O)CCCCC2c2oc(-c3cccnn3)nc2-c2ccc(N3CCS(O)(O)CC3)cc2)CC1. The minimum Gasteiger partial charge on any atom is -0.439 e. The Balaban J connectivity index is 1.43. The van der Waals surface area contributed by atoms with Gasteiger partial charge in [0.2, 0.25) is 11.8 Å². The third kappa shape index (κ3) is 4.36. The van der Waals surface area contributed by atoms with Crippen molar-refractivity contribution in [2.75, 3.05) is 29.5 Å². The number of oxazole rings is 1. The van der Waals surface area contributed by atoms with Crippen molar-refractivity contribution in [3.8, 4) is 28.9 Å². The Labute approximate surface area is 228 Å². The summed E-state index contributed by atoms with van der Waals surface area (Å²) in [5, 5.41) is 18.3. The summed E-state index contributed by atoms with van der Waals surface area (Å²) in [6.07, 6.45) is 5.83. The molecule has 39 heavy (non-hydrogen) atoms. The lowest BCUT2D eigenvalue weighted by Gasteiger charge is -2.44. The second-order valence-electron chi connectivity index (χ2n) is 10.9. The van der Waals surface area contributed by atoms with Gasteiger partial charge in [-0.05, 0) is 49.9 Å². The van der Waals surface area contributed by atoms with Crippen LogP contribution in [0.25, 0.3) is 22.8 Å². The summed E-state index contributed by atoms with van der Waals surface area (Å²) in [5.41, 5.74) is 7.24. The summed E-state index contributed by atoms with van der Waals surface area (Å²) in [6.45, 7) is 1.15. The highest BCUT2D eigenvalue weighted by Crippen LogP contribution is 2.68. The third-order valence-electron chi connectivity index (χ3n) is 8.81. The van der Waals surface area contributed by atoms with Crippen LogP contribution in [0.2, 0.25) is 0 Å². The number of nitriles is 1. The maximum absolute atomic E-state index is 13.2. The fourth-order valence-corrected chi connectivity index (χ4v) is 7.76. The minimum absolute atomic E-state index is 0.309. The van der Waals surface area contributed by atoms with E-state index in [1.54, 1.807) is 18.3 Å². The van der Waals surface area contributed by atoms with Crippen molar-refractivity contribution in [2.24, 2.45) is 16.6 Å². The quantitative estimate of drug-likeness (QED) is 0.392. The van der Waals surface area contributed by atoms with Crippen molar-refractivity contribution >= 4 is 22.2 Å². The third-order valence-corrected chi connectivity index (χ3v) is 10.5. The van der Waals surface area contributed by atoms with Crippen LogP contribution in [0.5, 0.6) is 0 Å². The zero-order valence-corrected chi connectivity index (χ0v) is 22.4. The number of primary amides is 1. The molecular weight excluding hydrogens is 516 g/mol. The molecule has 3 aromatic rings. The largest absolute Gasteiger partial charge is 0.439 e. The van der Waals surface area contributed by atoms with Crippen LogP contribution >= 0.6 is 10.6 Å². The van der Waals surface area contributed by atoms with Gasteiger partial charge in [-0.1, -0.05) is 25.0 Å². The van der Waals surface area contributed by atoms with Gasteiger partial charge in [-0.3, -0.25) is 13.9 Å². The fourth-order valence-electron chi connectivity index (χ4n) is 6.53. The maximum Gasteiger partial charge on any atom is 0.247 e. The number of anilines is 1. The summed E-state index contributed by atoms with van der Waals surface area (Å²) >= 11 is 0. The predicted octanol–water partition coefficient (Wildman–Crippen LogP) is 4.80. The van der Waals surface area contributed by atoms with E-state index < -0.39 is 27.3 Å². The Morgan fingerprint density at radius 1 is 1.13 bits per heavy atom. The van der Waals surface area contributed by atoms with Crippen LogP contribution < -0.4 is 10.6 Å². The summed E-state index contributed by atoms with van der Waals surface area (Å²) < 4.78 is 26.4. The number of nitrogens with zero attached hydrogens (tertiary/aromatic N) is 5. The second kappa shape index (κ2) is 9.62. The molecule has 2 atom stereocenters. The van der Waals surface area contributed by atoms with E-state index in [1.165, 1.54) is 0 Å². The second-order valence-corrected chi connectivity index (χ2v) is 13.3. The molecular formula is C28H32N6O4S. The molecule has 1 aliphatic heterocycles. The van der Waals surface area contributed by atoms with Crippen LogP contribution in [-0.2, 0) is 4.79 Å². The fraction of sp³-hybridized carbons (Fsp3) is 0.464. The van der Waals surface area contributed by atoms with Gasteiger partial charge in [0.15, 0.2) is 0 Å². The zero-order chi connectivity index (χ0) is 27.3. The van der Waals surface area contributed by atoms with E-state index >= 15 is 0 Å². The number of hydrogen-bond donors (Lipinski definition) is 3. The summed E-state index contributed by atoms with van der Waals surface area (Å²) in [5.74, 6) is 0.772. The number of benzene rings is 1. The molecule has 3 aliphatic rings. The van der Waals surface area contributed by atoms with E-state index in [2.05, 4.69) is 21.2 Å². The normalized spacial score (nSPS) is 26.4. The molecule has 11 heteroatoms. The average molecular weight is 549 g/mol. The standard InChI is InChI=1S/C28H32N6O4S/c29-18-27(11-12-27)28(26(30)35)10-2-1-4-21(28)24-23(32-25(38-24)22-5-3-13-31-33-22)19-6-8-20(9-7-19)34-14-16-39(36,37)17-15-34/h3,5-9,13,21,36-37H,1-2,4,10-12,14-17H2,(H2,30,35). The van der Waals surface area contributed by atoms with Crippen LogP contribution in [0.15, 0.2) is 47.0 Å². The molecule has 0 spiro atoms. The van der Waals surface area contributed by atoms with Gasteiger partial charge < -0.3 is 15.1 Å². The maximum atomic E-state index is 13.2. The molecule has 10 nitrogen and oxygen atoms in total. The smallest absolute Gasteiger partial charge is 0.247 e. The van der Waals surface area contributed by atoms with Gasteiger partial charge in [0.05, 0.1) is 28.4 Å². The number of rotatable bonds is 6. The number of hydrogen-bond acceptors (Lipinski definition) is 9. The molecule has 3 fully saturated rings. The van der Waals surface area contributed by atoms with E-state index in [-0.39, 0.29) is 5.92 Å². The van der Waals surface area contributed by atoms with Gasteiger partial charge in [-0.15, -0.1) is 5.10 Å². The minimum atomic E-state index is -2.48. The molecule has 1 amide bonds. The lowest BCUT2D eigenvalue weighted by atomic mass is 9.56. The molecule has 2 aliphatic carbocycles. The lowest BCUT2D eigenvalue weighted by molar-refractivity contribution is -0.135. The molecule has 0 radical (unpaired) electrons. The molecule has 204 valence electrons. The van der Waals surface area contributed by atoms with Gasteiger partial charge in [-0.25, -0.2) is 4.98 Å². The van der Waals surface area contributed by atoms with Crippen LogP contribution in [0.1, 0.15) is 50.2 Å². The summed E-state index contributed by atoms with van der Waals surface area (Å²) in [4.78, 5) is 20.2. The Morgan fingerprint density at radius 2 is 1.87 bits per heavy atom. The molecule has 0 bridgehead atoms. The van der Waals surface area contributed by atoms with Gasteiger partial charge in [0, 0.05) is 36.5 Å². The van der Waals surface area contributed by atoms with Gasteiger partial charge in [0.25, 0.3) is 0 Å². The Hall–Kier alpha value is -3.46. The van der Waals surface area contributed by atoms with Crippen molar-refractivity contribution in [3.05, 3.63) is 48.4 Å². The van der Waals surface area contributed by atoms with E-state index in [4.69, 9.17) is 15.1 Å². The van der Waals surface area contributed by atoms with E-state index in [0.717, 1.165) is 24.1 Å². The topological polar surface area (TPSA) is 162 Å². The molecule has 4 N–H and O–H groups in total. The van der Waals surface area contributed by atoms with E-state index in [9.17, 15) is 19.2 Å². The molecule has 1 aromatic carbocycles. The predicted molar refractivity (Wildman–Crippen MR) is 148 cm³/mol. The number of aromatic nitrogens is 3. The number of amides is 1. The Kier molecular flexibility index (Phi) is 6.37. The first-order chi connectivity index (χ1) is 18.8. The molecule has 2 unspecified atom stereocenters. The molecule has 2 saturated carbocycles. The lowest BCUT2D eigenvalue weighted by Crippen LogP contribution is -2.50. The first kappa shape index (κ1) is 25.8. The van der Waals surface area contributed by atoms with Crippen molar-refractivity contribution in [3.63, 3.8) is 0 Å². The first-order valence-corrected chi connectivity index (χ1v) is 15.3. The molecule has 2 aromatic heterocycles. The Bertz CT molecular complexity index is 1410. The highest BCUT2D eigenvalue weighted by atomic mass is 32.3. The van der Waals surface area contributed by atoms with Crippen LogP contribution in [-0.4, -0.2) is 54.8 Å². The molecule has 1 saturated heterocycles. The zero-order valence-electron chi connectivity index (χ0n) is 21.6. The number of nitrogens with two attached hydrogens (primary N) is 1. The van der Waals surface area contributed by atoms with Crippen LogP contribution in [0.3, 0.4) is 0 Å². The van der Waals surface area contributed by atoms with Gasteiger partial charge in [0.1, 0.15) is 17.1 Å². The average Bonchev–Trinajstić information content (AvgIpc) is 3.64. The number of carbonyl (C=O) groups excluding carboxylic acids is 1. The molecule has 3 heterocycles. The van der Waals surface area contributed by atoms with Crippen molar-refractivity contribution < 1.29 is 18.3 Å². The van der Waals surface area contributed by atoms with Gasteiger partial charge in [-0.2, -0.15) is 21.0 Å². The van der Waals surface area contributed by atoms with E-state index in [1.807, 2.05) is 24.3 Å². The highest BCUT2D eigenvalue weighted by molar-refractivity contribution is 8.24. The first-order valence-electron chi connectivity index (χ1n) is 13.4. The number of carbonyl (C=O) groups is 1.